The van der Waals surface area contributed by atoms with Gasteiger partial charge in [0.1, 0.15) is 0 Å². The quantitative estimate of drug-likeness (QED) is 0.534. The van der Waals surface area contributed by atoms with Crippen molar-refractivity contribution in [1.82, 2.24) is 5.32 Å². The van der Waals surface area contributed by atoms with Gasteiger partial charge in [-0.25, -0.2) is 0 Å². The average molecular weight is 346 g/mol. The number of nitrogens with one attached hydrogen (secondary N) is 1. The lowest BCUT2D eigenvalue weighted by atomic mass is 10.1. The Bertz CT molecular complexity index is 425. The fraction of sp³-hybridized carbons (Fsp3) is 0.727. The van der Waals surface area contributed by atoms with Crippen LogP contribution in [-0.2, 0) is 0 Å². The van der Waals surface area contributed by atoms with E-state index in [0.717, 1.165) is 26.2 Å². The van der Waals surface area contributed by atoms with Gasteiger partial charge >= 0.3 is 0 Å². The standard InChI is InChI=1S/C22H39N3/c1-3-5-7-9-17-24(18-10-8-6-4-2)21-11-13-22(14-12-21)25-19-15-23-16-20-25/h11-14,23H,3-10,15-20H2,1-2H3. The second-order valence-corrected chi connectivity index (χ2v) is 7.36. The predicted molar refractivity (Wildman–Crippen MR) is 112 cm³/mol. The van der Waals surface area contributed by atoms with E-state index in [1.54, 1.807) is 0 Å². The Kier molecular flexibility index (Phi) is 9.79. The number of piperazine rings is 1. The smallest absolute Gasteiger partial charge is 0.0368 e. The van der Waals surface area contributed by atoms with Crippen molar-refractivity contribution >= 4 is 11.4 Å². The molecular formula is C22H39N3. The summed E-state index contributed by atoms with van der Waals surface area (Å²) in [7, 11) is 0. The summed E-state index contributed by atoms with van der Waals surface area (Å²) in [5.74, 6) is 0. The lowest BCUT2D eigenvalue weighted by Gasteiger charge is -2.30. The highest BCUT2D eigenvalue weighted by Gasteiger charge is 2.11. The van der Waals surface area contributed by atoms with Crippen LogP contribution >= 0.6 is 0 Å². The van der Waals surface area contributed by atoms with Crippen molar-refractivity contribution < 1.29 is 0 Å². The Labute approximate surface area is 155 Å². The highest BCUT2D eigenvalue weighted by atomic mass is 15.2. The van der Waals surface area contributed by atoms with E-state index in [1.807, 2.05) is 0 Å². The summed E-state index contributed by atoms with van der Waals surface area (Å²) >= 11 is 0. The van der Waals surface area contributed by atoms with Gasteiger partial charge in [0.05, 0.1) is 0 Å². The summed E-state index contributed by atoms with van der Waals surface area (Å²) in [5.41, 5.74) is 2.79. The molecular weight excluding hydrogens is 306 g/mol. The van der Waals surface area contributed by atoms with Crippen LogP contribution in [0.2, 0.25) is 0 Å². The number of nitrogens with zero attached hydrogens (tertiary/aromatic N) is 2. The van der Waals surface area contributed by atoms with E-state index >= 15 is 0 Å². The van der Waals surface area contributed by atoms with Gasteiger partial charge in [-0.1, -0.05) is 52.4 Å². The zero-order chi connectivity index (χ0) is 17.7. The molecule has 1 aromatic carbocycles. The molecule has 142 valence electrons. The second-order valence-electron chi connectivity index (χ2n) is 7.36. The molecule has 1 aliphatic rings. The molecule has 1 heterocycles. The molecule has 3 heteroatoms. The number of hydrogen-bond acceptors (Lipinski definition) is 3. The number of rotatable bonds is 12. The summed E-state index contributed by atoms with van der Waals surface area (Å²) in [6.07, 6.45) is 10.7. The molecule has 0 aliphatic carbocycles. The van der Waals surface area contributed by atoms with Crippen molar-refractivity contribution in [2.24, 2.45) is 0 Å². The minimum absolute atomic E-state index is 1.10. The van der Waals surface area contributed by atoms with Crippen molar-refractivity contribution in [3.8, 4) is 0 Å². The van der Waals surface area contributed by atoms with E-state index in [4.69, 9.17) is 0 Å². The topological polar surface area (TPSA) is 18.5 Å². The molecule has 0 saturated carbocycles. The van der Waals surface area contributed by atoms with Gasteiger partial charge in [0.2, 0.25) is 0 Å². The summed E-state index contributed by atoms with van der Waals surface area (Å²) in [5, 5.41) is 3.43. The van der Waals surface area contributed by atoms with Crippen LogP contribution in [-0.4, -0.2) is 39.3 Å². The van der Waals surface area contributed by atoms with E-state index in [-0.39, 0.29) is 0 Å². The Morgan fingerprint density at radius 3 is 1.88 bits per heavy atom. The lowest BCUT2D eigenvalue weighted by molar-refractivity contribution is 0.589. The molecule has 1 saturated heterocycles. The summed E-state index contributed by atoms with van der Waals surface area (Å²) in [4.78, 5) is 5.11. The highest BCUT2D eigenvalue weighted by molar-refractivity contribution is 5.56. The maximum Gasteiger partial charge on any atom is 0.0368 e. The van der Waals surface area contributed by atoms with Gasteiger partial charge in [-0.2, -0.15) is 0 Å². The number of benzene rings is 1. The minimum atomic E-state index is 1.10. The van der Waals surface area contributed by atoms with Gasteiger partial charge in [-0.15, -0.1) is 0 Å². The highest BCUT2D eigenvalue weighted by Crippen LogP contribution is 2.22. The first-order valence-electron chi connectivity index (χ1n) is 10.7. The van der Waals surface area contributed by atoms with Crippen molar-refractivity contribution in [1.29, 1.82) is 0 Å². The number of anilines is 2. The first-order chi connectivity index (χ1) is 12.3. The zero-order valence-electron chi connectivity index (χ0n) is 16.6. The Morgan fingerprint density at radius 2 is 1.36 bits per heavy atom. The van der Waals surface area contributed by atoms with Gasteiger partial charge in [-0.3, -0.25) is 0 Å². The largest absolute Gasteiger partial charge is 0.372 e. The first-order valence-corrected chi connectivity index (χ1v) is 10.7. The SMILES string of the molecule is CCCCCCN(CCCCCC)c1ccc(N2CCNCC2)cc1. The van der Waals surface area contributed by atoms with Crippen LogP contribution in [0.25, 0.3) is 0 Å². The molecule has 1 N–H and O–H groups in total. The van der Waals surface area contributed by atoms with Crippen LogP contribution in [0.5, 0.6) is 0 Å². The van der Waals surface area contributed by atoms with Gasteiger partial charge in [0, 0.05) is 50.6 Å². The molecule has 0 radical (unpaired) electrons. The Balaban J connectivity index is 1.91. The van der Waals surface area contributed by atoms with Crippen LogP contribution < -0.4 is 15.1 Å². The Hall–Kier alpha value is -1.22. The Morgan fingerprint density at radius 1 is 0.800 bits per heavy atom. The van der Waals surface area contributed by atoms with E-state index in [0.29, 0.717) is 0 Å². The van der Waals surface area contributed by atoms with Crippen LogP contribution in [0.4, 0.5) is 11.4 Å². The van der Waals surface area contributed by atoms with Crippen molar-refractivity contribution in [3.63, 3.8) is 0 Å². The molecule has 3 nitrogen and oxygen atoms in total. The molecule has 0 aromatic heterocycles. The molecule has 25 heavy (non-hydrogen) atoms. The molecule has 1 aromatic rings. The van der Waals surface area contributed by atoms with Crippen molar-refractivity contribution in [2.75, 3.05) is 49.1 Å². The minimum Gasteiger partial charge on any atom is -0.372 e. The second kappa shape index (κ2) is 12.2. The summed E-state index contributed by atoms with van der Waals surface area (Å²) in [6, 6.07) is 9.34. The summed E-state index contributed by atoms with van der Waals surface area (Å²) < 4.78 is 0. The normalized spacial score (nSPS) is 14.7. The zero-order valence-corrected chi connectivity index (χ0v) is 16.6. The van der Waals surface area contributed by atoms with Crippen LogP contribution in [0.15, 0.2) is 24.3 Å². The van der Waals surface area contributed by atoms with E-state index < -0.39 is 0 Å². The molecule has 1 aliphatic heterocycles. The first kappa shape index (κ1) is 20.1. The van der Waals surface area contributed by atoms with Gasteiger partial charge < -0.3 is 15.1 Å². The maximum absolute atomic E-state index is 3.43. The third-order valence-corrected chi connectivity index (χ3v) is 5.26. The third kappa shape index (κ3) is 7.27. The molecule has 1 fully saturated rings. The lowest BCUT2D eigenvalue weighted by Crippen LogP contribution is -2.43. The van der Waals surface area contributed by atoms with Gasteiger partial charge in [0.15, 0.2) is 0 Å². The van der Waals surface area contributed by atoms with Crippen LogP contribution in [0.3, 0.4) is 0 Å². The molecule has 0 bridgehead atoms. The van der Waals surface area contributed by atoms with Gasteiger partial charge in [0.25, 0.3) is 0 Å². The van der Waals surface area contributed by atoms with Crippen LogP contribution in [0, 0.1) is 0 Å². The van der Waals surface area contributed by atoms with E-state index in [1.165, 1.54) is 75.8 Å². The molecule has 0 spiro atoms. The number of unbranched alkanes of at least 4 members (excludes halogenated alkanes) is 6. The van der Waals surface area contributed by atoms with Crippen molar-refractivity contribution in [3.05, 3.63) is 24.3 Å². The average Bonchev–Trinajstić information content (AvgIpc) is 2.68. The maximum atomic E-state index is 3.43. The molecule has 0 atom stereocenters. The van der Waals surface area contributed by atoms with E-state index in [2.05, 4.69) is 53.2 Å². The third-order valence-electron chi connectivity index (χ3n) is 5.26. The summed E-state index contributed by atoms with van der Waals surface area (Å²) in [6.45, 7) is 11.4. The molecule has 0 amide bonds. The molecule has 0 unspecified atom stereocenters. The van der Waals surface area contributed by atoms with Crippen molar-refractivity contribution in [2.45, 2.75) is 65.2 Å². The van der Waals surface area contributed by atoms with Crippen LogP contribution in [0.1, 0.15) is 65.2 Å². The predicted octanol–water partition coefficient (Wildman–Crippen LogP) is 5.06. The molecule has 2 rings (SSSR count). The monoisotopic (exact) mass is 345 g/mol. The van der Waals surface area contributed by atoms with Gasteiger partial charge in [-0.05, 0) is 37.1 Å². The van der Waals surface area contributed by atoms with E-state index in [9.17, 15) is 0 Å². The fourth-order valence-electron chi connectivity index (χ4n) is 3.63. The fourth-order valence-corrected chi connectivity index (χ4v) is 3.63. The number of hydrogen-bond donors (Lipinski definition) is 1.